The number of halogens is 1. The van der Waals surface area contributed by atoms with Crippen molar-refractivity contribution in [2.45, 2.75) is 31.8 Å². The molecule has 2 N–H and O–H groups in total. The predicted octanol–water partition coefficient (Wildman–Crippen LogP) is 2.52. The van der Waals surface area contributed by atoms with E-state index < -0.39 is 0 Å². The van der Waals surface area contributed by atoms with Gasteiger partial charge in [-0.1, -0.05) is 6.92 Å². The molecule has 0 spiro atoms. The van der Waals surface area contributed by atoms with Gasteiger partial charge in [-0.05, 0) is 34.5 Å². The van der Waals surface area contributed by atoms with Crippen LogP contribution >= 0.6 is 27.3 Å². The Kier molecular flexibility index (Phi) is 3.66. The second-order valence-electron chi connectivity index (χ2n) is 4.04. The van der Waals surface area contributed by atoms with E-state index in [9.17, 15) is 4.79 Å². The summed E-state index contributed by atoms with van der Waals surface area (Å²) in [5.41, 5.74) is 6.06. The molecule has 0 radical (unpaired) electrons. The first kappa shape index (κ1) is 12.1. The minimum absolute atomic E-state index is 0.0652. The zero-order valence-electron chi connectivity index (χ0n) is 9.15. The number of carbonyl (C=O) groups excluding carboxylic acids is 1. The topological polar surface area (TPSA) is 46.3 Å². The fourth-order valence-electron chi connectivity index (χ4n) is 2.17. The fourth-order valence-corrected chi connectivity index (χ4v) is 3.79. The predicted molar refractivity (Wildman–Crippen MR) is 69.4 cm³/mol. The lowest BCUT2D eigenvalue weighted by molar-refractivity contribution is -0.129. The number of hydrogen-bond donors (Lipinski definition) is 1. The fraction of sp³-hybridized carbons (Fsp3) is 0.545. The van der Waals surface area contributed by atoms with Crippen molar-refractivity contribution >= 4 is 33.2 Å². The van der Waals surface area contributed by atoms with Crippen LogP contribution < -0.4 is 5.73 Å². The quantitative estimate of drug-likeness (QED) is 0.932. The third-order valence-electron chi connectivity index (χ3n) is 2.82. The molecule has 2 atom stereocenters. The normalized spacial score (nSPS) is 25.4. The van der Waals surface area contributed by atoms with Crippen molar-refractivity contribution in [2.24, 2.45) is 5.73 Å². The van der Waals surface area contributed by atoms with Crippen molar-refractivity contribution in [2.75, 3.05) is 6.54 Å². The third-order valence-corrected chi connectivity index (χ3v) is 4.52. The van der Waals surface area contributed by atoms with E-state index in [2.05, 4.69) is 28.9 Å². The van der Waals surface area contributed by atoms with Crippen molar-refractivity contribution in [3.63, 3.8) is 0 Å². The lowest BCUT2D eigenvalue weighted by Gasteiger charge is -2.25. The van der Waals surface area contributed by atoms with E-state index in [4.69, 9.17) is 5.73 Å². The molecule has 0 bridgehead atoms. The van der Waals surface area contributed by atoms with Crippen LogP contribution in [0.5, 0.6) is 0 Å². The molecule has 1 saturated heterocycles. The Balaban J connectivity index is 2.26. The van der Waals surface area contributed by atoms with Crippen LogP contribution in [0.2, 0.25) is 0 Å². The summed E-state index contributed by atoms with van der Waals surface area (Å²) in [5, 5.41) is 0. The molecule has 0 aliphatic carbocycles. The van der Waals surface area contributed by atoms with Gasteiger partial charge in [0.25, 0.3) is 0 Å². The van der Waals surface area contributed by atoms with Crippen LogP contribution in [0.3, 0.4) is 0 Å². The van der Waals surface area contributed by atoms with Gasteiger partial charge in [-0.25, -0.2) is 0 Å². The summed E-state index contributed by atoms with van der Waals surface area (Å²) in [6, 6.07) is 4.08. The Morgan fingerprint density at radius 2 is 2.38 bits per heavy atom. The van der Waals surface area contributed by atoms with E-state index in [0.29, 0.717) is 6.42 Å². The molecule has 88 valence electrons. The van der Waals surface area contributed by atoms with Gasteiger partial charge in [0.05, 0.1) is 9.83 Å². The highest BCUT2D eigenvalue weighted by Gasteiger charge is 2.38. The zero-order chi connectivity index (χ0) is 11.7. The molecular weight excluding hydrogens is 288 g/mol. The minimum Gasteiger partial charge on any atom is -0.333 e. The monoisotopic (exact) mass is 302 g/mol. The maximum atomic E-state index is 11.8. The minimum atomic E-state index is -0.0652. The molecule has 2 unspecified atom stereocenters. The van der Waals surface area contributed by atoms with Crippen molar-refractivity contribution in [1.82, 2.24) is 4.90 Å². The smallest absolute Gasteiger partial charge is 0.224 e. The maximum Gasteiger partial charge on any atom is 0.224 e. The SMILES string of the molecule is CCCN1C(=O)CC(N)C1c1ccc(Br)s1. The molecule has 3 nitrogen and oxygen atoms in total. The molecule has 1 aliphatic heterocycles. The third kappa shape index (κ3) is 2.17. The van der Waals surface area contributed by atoms with Crippen LogP contribution in [0.1, 0.15) is 30.7 Å². The van der Waals surface area contributed by atoms with Gasteiger partial charge in [0.1, 0.15) is 0 Å². The molecule has 1 fully saturated rings. The standard InChI is InChI=1S/C11H15BrN2OS/c1-2-5-14-10(15)6-7(13)11(14)8-3-4-9(12)16-8/h3-4,7,11H,2,5-6,13H2,1H3. The lowest BCUT2D eigenvalue weighted by Crippen LogP contribution is -2.33. The van der Waals surface area contributed by atoms with Crippen LogP contribution in [0.15, 0.2) is 15.9 Å². The number of rotatable bonds is 3. The van der Waals surface area contributed by atoms with Crippen LogP contribution in [-0.4, -0.2) is 23.4 Å². The van der Waals surface area contributed by atoms with E-state index >= 15 is 0 Å². The first-order chi connectivity index (χ1) is 7.63. The Morgan fingerprint density at radius 1 is 1.62 bits per heavy atom. The van der Waals surface area contributed by atoms with E-state index in [-0.39, 0.29) is 18.0 Å². The number of thiophene rings is 1. The van der Waals surface area contributed by atoms with Gasteiger partial charge in [-0.2, -0.15) is 0 Å². The number of amides is 1. The molecule has 1 aromatic rings. The second kappa shape index (κ2) is 4.85. The number of nitrogens with zero attached hydrogens (tertiary/aromatic N) is 1. The second-order valence-corrected chi connectivity index (χ2v) is 6.54. The van der Waals surface area contributed by atoms with Crippen molar-refractivity contribution in [3.05, 3.63) is 20.8 Å². The van der Waals surface area contributed by atoms with Crippen LogP contribution in [0.25, 0.3) is 0 Å². The van der Waals surface area contributed by atoms with Crippen LogP contribution in [0, 0.1) is 0 Å². The summed E-state index contributed by atoms with van der Waals surface area (Å²) < 4.78 is 1.09. The van der Waals surface area contributed by atoms with Crippen LogP contribution in [-0.2, 0) is 4.79 Å². The summed E-state index contributed by atoms with van der Waals surface area (Å²) in [7, 11) is 0. The van der Waals surface area contributed by atoms with Crippen LogP contribution in [0.4, 0.5) is 0 Å². The number of nitrogens with two attached hydrogens (primary N) is 1. The maximum absolute atomic E-state index is 11.8. The van der Waals surface area contributed by atoms with E-state index in [0.717, 1.165) is 16.8 Å². The molecule has 2 heterocycles. The van der Waals surface area contributed by atoms with Gasteiger partial charge < -0.3 is 10.6 Å². The number of carbonyl (C=O) groups is 1. The molecule has 2 rings (SSSR count). The highest BCUT2D eigenvalue weighted by atomic mass is 79.9. The van der Waals surface area contributed by atoms with E-state index in [1.807, 2.05) is 11.0 Å². The zero-order valence-corrected chi connectivity index (χ0v) is 11.6. The molecule has 16 heavy (non-hydrogen) atoms. The number of hydrogen-bond acceptors (Lipinski definition) is 3. The molecule has 1 amide bonds. The largest absolute Gasteiger partial charge is 0.333 e. The molecule has 0 aromatic carbocycles. The van der Waals surface area contributed by atoms with Gasteiger partial charge in [-0.3, -0.25) is 4.79 Å². The Bertz CT molecular complexity index is 393. The summed E-state index contributed by atoms with van der Waals surface area (Å²) in [4.78, 5) is 14.9. The lowest BCUT2D eigenvalue weighted by atomic mass is 10.1. The summed E-state index contributed by atoms with van der Waals surface area (Å²) in [5.74, 6) is 0.184. The summed E-state index contributed by atoms with van der Waals surface area (Å²) in [6.07, 6.45) is 1.45. The molecule has 5 heteroatoms. The van der Waals surface area contributed by atoms with Gasteiger partial charge in [0.2, 0.25) is 5.91 Å². The highest BCUT2D eigenvalue weighted by molar-refractivity contribution is 9.11. The van der Waals surface area contributed by atoms with Gasteiger partial charge in [-0.15, -0.1) is 11.3 Å². The number of likely N-dealkylation sites (tertiary alicyclic amines) is 1. The van der Waals surface area contributed by atoms with E-state index in [1.54, 1.807) is 11.3 Å². The van der Waals surface area contributed by atoms with Gasteiger partial charge in [0.15, 0.2) is 0 Å². The van der Waals surface area contributed by atoms with Crippen molar-refractivity contribution in [3.8, 4) is 0 Å². The molecular formula is C11H15BrN2OS. The highest BCUT2D eigenvalue weighted by Crippen LogP contribution is 2.37. The first-order valence-corrected chi connectivity index (χ1v) is 7.04. The summed E-state index contributed by atoms with van der Waals surface area (Å²) in [6.45, 7) is 2.88. The average molecular weight is 303 g/mol. The van der Waals surface area contributed by atoms with Gasteiger partial charge >= 0.3 is 0 Å². The van der Waals surface area contributed by atoms with E-state index in [1.165, 1.54) is 4.88 Å². The van der Waals surface area contributed by atoms with Crippen molar-refractivity contribution in [1.29, 1.82) is 0 Å². The molecule has 1 aliphatic rings. The van der Waals surface area contributed by atoms with Crippen molar-refractivity contribution < 1.29 is 4.79 Å². The molecule has 1 aromatic heterocycles. The van der Waals surface area contributed by atoms with Gasteiger partial charge in [0, 0.05) is 23.9 Å². The summed E-state index contributed by atoms with van der Waals surface area (Å²) >= 11 is 5.11. The average Bonchev–Trinajstić information content (AvgIpc) is 2.73. The Labute approximate surface area is 108 Å². The Hall–Kier alpha value is -0.390. The Morgan fingerprint density at radius 3 is 2.94 bits per heavy atom. The first-order valence-electron chi connectivity index (χ1n) is 5.43. The molecule has 0 saturated carbocycles.